The molecule has 0 spiro atoms. The summed E-state index contributed by atoms with van der Waals surface area (Å²) < 4.78 is 20.9. The Balaban J connectivity index is 3.75. The molecule has 0 amide bonds. The van der Waals surface area contributed by atoms with Crippen LogP contribution in [-0.4, -0.2) is 42.0 Å². The van der Waals surface area contributed by atoms with Crippen LogP contribution >= 0.6 is 0 Å². The second-order valence-electron chi connectivity index (χ2n) is 2.96. The average molecular weight is 222 g/mol. The molecule has 84 valence electrons. The Bertz CT molecular complexity index is 193. The summed E-state index contributed by atoms with van der Waals surface area (Å²) in [5.41, 5.74) is 0. The van der Waals surface area contributed by atoms with E-state index in [1.165, 1.54) is 0 Å². The summed E-state index contributed by atoms with van der Waals surface area (Å²) in [5, 5.41) is 0. The molecule has 0 fully saturated rings. The fourth-order valence-corrected chi connectivity index (χ4v) is 2.10. The number of ether oxygens (including phenoxy) is 2. The van der Waals surface area contributed by atoms with Crippen LogP contribution in [0.25, 0.3) is 0 Å². The Morgan fingerprint density at radius 3 is 2.64 bits per heavy atom. The van der Waals surface area contributed by atoms with Gasteiger partial charge in [0.15, 0.2) is 0 Å². The number of carbonyl (C=O) groups excluding carboxylic acids is 1. The Kier molecular flexibility index (Phi) is 7.70. The zero-order valence-electron chi connectivity index (χ0n) is 8.95. The van der Waals surface area contributed by atoms with Gasteiger partial charge in [0.05, 0.1) is 19.1 Å². The molecule has 0 bridgehead atoms. The Morgan fingerprint density at radius 1 is 1.50 bits per heavy atom. The molecule has 4 nitrogen and oxygen atoms in total. The quantitative estimate of drug-likeness (QED) is 0.591. The first kappa shape index (κ1) is 13.6. The van der Waals surface area contributed by atoms with Crippen LogP contribution in [0.1, 0.15) is 13.8 Å². The van der Waals surface area contributed by atoms with E-state index in [4.69, 9.17) is 9.47 Å². The summed E-state index contributed by atoms with van der Waals surface area (Å²) in [5.74, 6) is 0.244. The van der Waals surface area contributed by atoms with Crippen molar-refractivity contribution >= 4 is 16.8 Å². The van der Waals surface area contributed by atoms with Crippen LogP contribution in [0.3, 0.4) is 0 Å². The van der Waals surface area contributed by atoms with Crippen LogP contribution in [0.4, 0.5) is 0 Å². The monoisotopic (exact) mass is 222 g/mol. The van der Waals surface area contributed by atoms with Gasteiger partial charge in [-0.1, -0.05) is 6.92 Å². The lowest BCUT2D eigenvalue weighted by Gasteiger charge is -2.09. The summed E-state index contributed by atoms with van der Waals surface area (Å²) >= 11 is 0. The Hall–Kier alpha value is -0.420. The van der Waals surface area contributed by atoms with Crippen LogP contribution < -0.4 is 0 Å². The van der Waals surface area contributed by atoms with Crippen LogP contribution in [0, 0.1) is 5.92 Å². The van der Waals surface area contributed by atoms with Crippen molar-refractivity contribution in [3.63, 3.8) is 0 Å². The fourth-order valence-electron chi connectivity index (χ4n) is 0.891. The van der Waals surface area contributed by atoms with E-state index in [-0.39, 0.29) is 11.9 Å². The third-order valence-electron chi connectivity index (χ3n) is 1.64. The smallest absolute Gasteiger partial charge is 0.309 e. The number of esters is 1. The molecule has 0 N–H and O–H groups in total. The zero-order chi connectivity index (χ0) is 11.0. The Labute approximate surface area is 87.4 Å². The van der Waals surface area contributed by atoms with Gasteiger partial charge >= 0.3 is 5.97 Å². The molecule has 0 aromatic carbocycles. The third kappa shape index (κ3) is 6.10. The lowest BCUT2D eigenvalue weighted by molar-refractivity contribution is -0.146. The molecular formula is C9H18O4S. The second kappa shape index (κ2) is 7.94. The van der Waals surface area contributed by atoms with Gasteiger partial charge in [-0.05, 0) is 6.92 Å². The van der Waals surface area contributed by atoms with E-state index in [2.05, 4.69) is 0 Å². The molecule has 14 heavy (non-hydrogen) atoms. The van der Waals surface area contributed by atoms with Crippen molar-refractivity contribution in [3.05, 3.63) is 0 Å². The number of carbonyl (C=O) groups is 1. The minimum Gasteiger partial charge on any atom is -0.466 e. The van der Waals surface area contributed by atoms with E-state index >= 15 is 0 Å². The highest BCUT2D eigenvalue weighted by atomic mass is 32.2. The molecule has 0 aromatic heterocycles. The van der Waals surface area contributed by atoms with Crippen molar-refractivity contribution in [1.29, 1.82) is 0 Å². The maximum absolute atomic E-state index is 11.3. The maximum atomic E-state index is 11.3. The van der Waals surface area contributed by atoms with E-state index in [1.54, 1.807) is 21.0 Å². The molecule has 0 aliphatic heterocycles. The van der Waals surface area contributed by atoms with E-state index in [1.807, 2.05) is 0 Å². The predicted molar refractivity (Wildman–Crippen MR) is 55.5 cm³/mol. The predicted octanol–water partition coefficient (Wildman–Crippen LogP) is 0.581. The van der Waals surface area contributed by atoms with Gasteiger partial charge in [-0.15, -0.1) is 0 Å². The molecule has 2 unspecified atom stereocenters. The maximum Gasteiger partial charge on any atom is 0.309 e. The van der Waals surface area contributed by atoms with Gasteiger partial charge in [-0.3, -0.25) is 9.00 Å². The van der Waals surface area contributed by atoms with Crippen molar-refractivity contribution < 1.29 is 18.5 Å². The minimum atomic E-state index is -1.000. The van der Waals surface area contributed by atoms with E-state index in [0.717, 1.165) is 0 Å². The van der Waals surface area contributed by atoms with Gasteiger partial charge in [0.1, 0.15) is 0 Å². The molecule has 0 aromatic rings. The molecule has 0 heterocycles. The first-order chi connectivity index (χ1) is 6.61. The molecule has 0 radical (unpaired) electrons. The summed E-state index contributed by atoms with van der Waals surface area (Å²) in [6, 6.07) is 0. The molecule has 0 rings (SSSR count). The molecule has 0 saturated carbocycles. The lowest BCUT2D eigenvalue weighted by atomic mass is 10.2. The van der Waals surface area contributed by atoms with Crippen molar-refractivity contribution in [1.82, 2.24) is 0 Å². The van der Waals surface area contributed by atoms with Crippen LogP contribution in [0.5, 0.6) is 0 Å². The van der Waals surface area contributed by atoms with E-state index < -0.39 is 10.8 Å². The van der Waals surface area contributed by atoms with Gasteiger partial charge in [0, 0.05) is 29.4 Å². The first-order valence-electron chi connectivity index (χ1n) is 4.62. The largest absolute Gasteiger partial charge is 0.466 e. The van der Waals surface area contributed by atoms with Gasteiger partial charge < -0.3 is 9.47 Å². The number of methoxy groups -OCH3 is 1. The molecule has 0 aliphatic carbocycles. The second-order valence-corrected chi connectivity index (χ2v) is 4.58. The third-order valence-corrected chi connectivity index (χ3v) is 3.13. The molecular weight excluding hydrogens is 204 g/mol. The van der Waals surface area contributed by atoms with Crippen molar-refractivity contribution in [2.24, 2.45) is 5.92 Å². The van der Waals surface area contributed by atoms with Gasteiger partial charge in [0.25, 0.3) is 0 Å². The van der Waals surface area contributed by atoms with Crippen molar-refractivity contribution in [3.8, 4) is 0 Å². The number of hydrogen-bond donors (Lipinski definition) is 0. The van der Waals surface area contributed by atoms with Crippen molar-refractivity contribution in [2.45, 2.75) is 13.8 Å². The normalized spacial score (nSPS) is 14.8. The SMILES string of the molecule is CCOC(=O)C(C)CS(=O)CCOC. The summed E-state index contributed by atoms with van der Waals surface area (Å²) in [4.78, 5) is 11.2. The Morgan fingerprint density at radius 2 is 2.14 bits per heavy atom. The average Bonchev–Trinajstić information content (AvgIpc) is 2.15. The summed E-state index contributed by atoms with van der Waals surface area (Å²) in [7, 11) is 0.561. The highest BCUT2D eigenvalue weighted by Crippen LogP contribution is 2.01. The molecule has 2 atom stereocenters. The van der Waals surface area contributed by atoms with Crippen LogP contribution in [0.15, 0.2) is 0 Å². The molecule has 0 aliphatic rings. The summed E-state index contributed by atoms with van der Waals surface area (Å²) in [6.07, 6.45) is 0. The zero-order valence-corrected chi connectivity index (χ0v) is 9.76. The first-order valence-corrected chi connectivity index (χ1v) is 6.11. The minimum absolute atomic E-state index is 0.279. The van der Waals surface area contributed by atoms with Crippen molar-refractivity contribution in [2.75, 3.05) is 31.8 Å². The summed E-state index contributed by atoms with van der Waals surface area (Å²) in [6.45, 7) is 4.31. The van der Waals surface area contributed by atoms with E-state index in [0.29, 0.717) is 24.7 Å². The van der Waals surface area contributed by atoms with Gasteiger partial charge in [0.2, 0.25) is 0 Å². The lowest BCUT2D eigenvalue weighted by Crippen LogP contribution is -2.22. The number of rotatable bonds is 7. The topological polar surface area (TPSA) is 52.6 Å². The van der Waals surface area contributed by atoms with Crippen LogP contribution in [-0.2, 0) is 25.1 Å². The highest BCUT2D eigenvalue weighted by Gasteiger charge is 2.16. The van der Waals surface area contributed by atoms with Crippen LogP contribution in [0.2, 0.25) is 0 Å². The van der Waals surface area contributed by atoms with E-state index in [9.17, 15) is 9.00 Å². The number of hydrogen-bond acceptors (Lipinski definition) is 4. The highest BCUT2D eigenvalue weighted by molar-refractivity contribution is 7.85. The van der Waals surface area contributed by atoms with Gasteiger partial charge in [-0.2, -0.15) is 0 Å². The molecule has 5 heteroatoms. The fraction of sp³-hybridized carbons (Fsp3) is 0.889. The standard InChI is InChI=1S/C9H18O4S/c1-4-13-9(10)8(2)7-14(11)6-5-12-3/h8H,4-7H2,1-3H3. The molecule has 0 saturated heterocycles. The van der Waals surface area contributed by atoms with Gasteiger partial charge in [-0.25, -0.2) is 0 Å².